The van der Waals surface area contributed by atoms with Crippen LogP contribution >= 0.6 is 0 Å². The van der Waals surface area contributed by atoms with Gasteiger partial charge in [0.15, 0.2) is 0 Å². The number of aromatic nitrogens is 2. The van der Waals surface area contributed by atoms with Gasteiger partial charge in [0.05, 0.1) is 12.2 Å². The minimum Gasteiger partial charge on any atom is -0.290 e. The van der Waals surface area contributed by atoms with Crippen LogP contribution in [0, 0.1) is 0 Å². The maximum absolute atomic E-state index is 13.0. The van der Waals surface area contributed by atoms with Gasteiger partial charge in [0.2, 0.25) is 10.0 Å². The van der Waals surface area contributed by atoms with Crippen molar-refractivity contribution in [1.29, 1.82) is 0 Å². The summed E-state index contributed by atoms with van der Waals surface area (Å²) in [7, 11) is -3.51. The van der Waals surface area contributed by atoms with E-state index in [9.17, 15) is 8.42 Å². The third kappa shape index (κ3) is 4.12. The summed E-state index contributed by atoms with van der Waals surface area (Å²) in [5, 5.41) is 4.12. The molecular formula is C22H26N4O2S. The monoisotopic (exact) mass is 410 g/mol. The van der Waals surface area contributed by atoms with E-state index in [2.05, 4.69) is 58.5 Å². The van der Waals surface area contributed by atoms with Crippen molar-refractivity contribution in [2.75, 3.05) is 26.2 Å². The fourth-order valence-electron chi connectivity index (χ4n) is 3.89. The largest absolute Gasteiger partial charge is 0.290 e. The number of hydrogen-bond acceptors (Lipinski definition) is 4. The Kier molecular flexibility index (Phi) is 5.80. The zero-order chi connectivity index (χ0) is 20.3. The fraction of sp³-hybridized carbons (Fsp3) is 0.318. The summed E-state index contributed by atoms with van der Waals surface area (Å²) in [5.41, 5.74) is 2.44. The number of nitrogens with zero attached hydrogens (tertiary/aromatic N) is 4. The van der Waals surface area contributed by atoms with Crippen LogP contribution in [0.4, 0.5) is 0 Å². The molecule has 29 heavy (non-hydrogen) atoms. The van der Waals surface area contributed by atoms with Crippen molar-refractivity contribution >= 4 is 10.0 Å². The summed E-state index contributed by atoms with van der Waals surface area (Å²) in [5.74, 6) is 0. The van der Waals surface area contributed by atoms with E-state index in [0.29, 0.717) is 32.7 Å². The third-order valence-electron chi connectivity index (χ3n) is 5.44. The van der Waals surface area contributed by atoms with Crippen LogP contribution in [0.3, 0.4) is 0 Å². The van der Waals surface area contributed by atoms with Crippen LogP contribution < -0.4 is 0 Å². The quantitative estimate of drug-likeness (QED) is 0.627. The molecule has 152 valence electrons. The van der Waals surface area contributed by atoms with Crippen molar-refractivity contribution in [1.82, 2.24) is 19.0 Å². The first-order valence-electron chi connectivity index (χ1n) is 9.96. The Morgan fingerprint density at radius 3 is 1.93 bits per heavy atom. The predicted octanol–water partition coefficient (Wildman–Crippen LogP) is 3.00. The van der Waals surface area contributed by atoms with Gasteiger partial charge in [-0.3, -0.25) is 9.58 Å². The lowest BCUT2D eigenvalue weighted by molar-refractivity contribution is 0.156. The van der Waals surface area contributed by atoms with Gasteiger partial charge in [-0.15, -0.1) is 0 Å². The molecule has 0 atom stereocenters. The minimum atomic E-state index is -3.51. The molecule has 0 saturated carbocycles. The molecule has 1 aliphatic heterocycles. The van der Waals surface area contributed by atoms with Crippen LogP contribution in [0.2, 0.25) is 0 Å². The molecule has 4 rings (SSSR count). The Hall–Kier alpha value is -2.48. The van der Waals surface area contributed by atoms with Gasteiger partial charge in [0.25, 0.3) is 0 Å². The molecule has 1 saturated heterocycles. The zero-order valence-corrected chi connectivity index (χ0v) is 17.4. The second kappa shape index (κ2) is 8.49. The van der Waals surface area contributed by atoms with Gasteiger partial charge in [0.1, 0.15) is 4.90 Å². The van der Waals surface area contributed by atoms with E-state index in [1.165, 1.54) is 17.3 Å². The van der Waals surface area contributed by atoms with E-state index >= 15 is 0 Å². The predicted molar refractivity (Wildman–Crippen MR) is 113 cm³/mol. The summed E-state index contributed by atoms with van der Waals surface area (Å²) in [6, 6.07) is 20.9. The fourth-order valence-corrected chi connectivity index (χ4v) is 5.26. The second-order valence-electron chi connectivity index (χ2n) is 7.20. The Bertz CT molecular complexity index is 987. The van der Waals surface area contributed by atoms with Gasteiger partial charge in [-0.2, -0.15) is 9.40 Å². The Balaban J connectivity index is 1.54. The molecule has 3 aromatic rings. The minimum absolute atomic E-state index is 0.116. The van der Waals surface area contributed by atoms with Crippen molar-refractivity contribution in [2.24, 2.45) is 0 Å². The summed E-state index contributed by atoms with van der Waals surface area (Å²) >= 11 is 0. The normalized spacial score (nSPS) is 16.3. The molecule has 2 aromatic carbocycles. The molecule has 1 aliphatic rings. The highest BCUT2D eigenvalue weighted by Crippen LogP contribution is 2.30. The average molecular weight is 411 g/mol. The molecule has 1 aromatic heterocycles. The Morgan fingerprint density at radius 2 is 1.45 bits per heavy atom. The summed E-state index contributed by atoms with van der Waals surface area (Å²) < 4.78 is 29.2. The zero-order valence-electron chi connectivity index (χ0n) is 16.6. The number of hydrogen-bond donors (Lipinski definition) is 0. The van der Waals surface area contributed by atoms with Crippen LogP contribution in [0.5, 0.6) is 0 Å². The van der Waals surface area contributed by atoms with Gasteiger partial charge in [-0.25, -0.2) is 8.42 Å². The SMILES string of the molecule is CCn1cc(S(=O)(=O)N2CCN(C(c3ccccc3)c3ccccc3)CC2)cn1. The topological polar surface area (TPSA) is 58.4 Å². The number of aryl methyl sites for hydroxylation is 1. The molecule has 0 bridgehead atoms. The maximum Gasteiger partial charge on any atom is 0.246 e. The van der Waals surface area contributed by atoms with Crippen LogP contribution in [0.1, 0.15) is 24.1 Å². The first-order valence-corrected chi connectivity index (χ1v) is 11.4. The van der Waals surface area contributed by atoms with E-state index in [4.69, 9.17) is 0 Å². The van der Waals surface area contributed by atoms with Gasteiger partial charge in [0, 0.05) is 38.9 Å². The number of benzene rings is 2. The molecule has 1 fully saturated rings. The lowest BCUT2D eigenvalue weighted by Gasteiger charge is -2.39. The summed E-state index contributed by atoms with van der Waals surface area (Å²) in [6.07, 6.45) is 3.06. The van der Waals surface area contributed by atoms with Crippen molar-refractivity contribution < 1.29 is 8.42 Å². The maximum atomic E-state index is 13.0. The molecule has 2 heterocycles. The van der Waals surface area contributed by atoms with Gasteiger partial charge in [-0.1, -0.05) is 60.7 Å². The van der Waals surface area contributed by atoms with Gasteiger partial charge >= 0.3 is 0 Å². The number of piperazine rings is 1. The molecule has 0 radical (unpaired) electrons. The third-order valence-corrected chi connectivity index (χ3v) is 7.29. The molecule has 0 amide bonds. The first-order chi connectivity index (χ1) is 14.1. The van der Waals surface area contributed by atoms with E-state index in [1.54, 1.807) is 15.2 Å². The van der Waals surface area contributed by atoms with Crippen LogP contribution in [0.15, 0.2) is 78.0 Å². The van der Waals surface area contributed by atoms with Crippen LogP contribution in [0.25, 0.3) is 0 Å². The standard InChI is InChI=1S/C22H26N4O2S/c1-2-25-18-21(17-23-25)29(27,28)26-15-13-24(14-16-26)22(19-9-5-3-6-10-19)20-11-7-4-8-12-20/h3-12,17-18,22H,2,13-16H2,1H3. The van der Waals surface area contributed by atoms with Crippen molar-refractivity contribution in [3.8, 4) is 0 Å². The molecule has 0 spiro atoms. The Morgan fingerprint density at radius 1 is 0.897 bits per heavy atom. The Labute approximate surface area is 172 Å². The molecule has 7 heteroatoms. The van der Waals surface area contributed by atoms with E-state index < -0.39 is 10.0 Å². The van der Waals surface area contributed by atoms with Crippen molar-refractivity contribution in [3.63, 3.8) is 0 Å². The van der Waals surface area contributed by atoms with Crippen molar-refractivity contribution in [3.05, 3.63) is 84.2 Å². The first kappa shape index (κ1) is 19.8. The molecule has 6 nitrogen and oxygen atoms in total. The van der Waals surface area contributed by atoms with Gasteiger partial charge in [-0.05, 0) is 18.1 Å². The van der Waals surface area contributed by atoms with E-state index in [1.807, 2.05) is 19.1 Å². The highest BCUT2D eigenvalue weighted by Gasteiger charge is 2.32. The van der Waals surface area contributed by atoms with Crippen LogP contribution in [-0.4, -0.2) is 53.6 Å². The highest BCUT2D eigenvalue weighted by molar-refractivity contribution is 7.89. The van der Waals surface area contributed by atoms with Crippen molar-refractivity contribution in [2.45, 2.75) is 24.4 Å². The lowest BCUT2D eigenvalue weighted by atomic mass is 9.96. The summed E-state index contributed by atoms with van der Waals surface area (Å²) in [4.78, 5) is 2.64. The highest BCUT2D eigenvalue weighted by atomic mass is 32.2. The molecule has 0 N–H and O–H groups in total. The lowest BCUT2D eigenvalue weighted by Crippen LogP contribution is -2.49. The number of sulfonamides is 1. The van der Waals surface area contributed by atoms with Crippen LogP contribution in [-0.2, 0) is 16.6 Å². The summed E-state index contributed by atoms with van der Waals surface area (Å²) in [6.45, 7) is 4.88. The molecule has 0 unspecified atom stereocenters. The van der Waals surface area contributed by atoms with E-state index in [0.717, 1.165) is 0 Å². The average Bonchev–Trinajstić information content (AvgIpc) is 3.26. The van der Waals surface area contributed by atoms with Gasteiger partial charge < -0.3 is 0 Å². The molecule has 0 aliphatic carbocycles. The number of rotatable bonds is 6. The second-order valence-corrected chi connectivity index (χ2v) is 9.13. The smallest absolute Gasteiger partial charge is 0.246 e. The van der Waals surface area contributed by atoms with E-state index in [-0.39, 0.29) is 10.9 Å². The molecular weight excluding hydrogens is 384 g/mol.